The Morgan fingerprint density at radius 2 is 1.41 bits per heavy atom. The summed E-state index contributed by atoms with van der Waals surface area (Å²) in [4.78, 5) is 92.3. The summed E-state index contributed by atoms with van der Waals surface area (Å²) in [6, 6.07) is 12.8. The molecule has 0 spiro atoms. The lowest BCUT2D eigenvalue weighted by Crippen LogP contribution is -2.52. The molecule has 0 saturated carbocycles. The van der Waals surface area contributed by atoms with Crippen LogP contribution in [-0.2, 0) is 35.1 Å². The third kappa shape index (κ3) is 17.7. The van der Waals surface area contributed by atoms with E-state index >= 15 is 0 Å². The molecule has 0 aromatic heterocycles. The molecule has 14 heteroatoms. The van der Waals surface area contributed by atoms with Crippen molar-refractivity contribution in [3.8, 4) is 11.1 Å². The van der Waals surface area contributed by atoms with Crippen LogP contribution in [0, 0.1) is 5.92 Å². The van der Waals surface area contributed by atoms with Crippen molar-refractivity contribution in [1.29, 1.82) is 0 Å². The second kappa shape index (κ2) is 25.5. The maximum absolute atomic E-state index is 14.1. The van der Waals surface area contributed by atoms with Gasteiger partial charge in [-0.15, -0.1) is 0 Å². The SMILES string of the molecule is CCCCC[C@H](NC(=O)[C@H](C)CC(=O)[C@@H]1CCCN1C(=O)[C@H](CCCCNC(=O)OC(C)(C)C)NC(=O)CCNC(=O)c1ccc(-c2ccc(CCCC)cc2)cc1)C(=O)O. The highest BCUT2D eigenvalue weighted by Crippen LogP contribution is 2.24. The zero-order valence-corrected chi connectivity index (χ0v) is 37.1. The molecular weight excluding hydrogens is 779 g/mol. The van der Waals surface area contributed by atoms with Crippen LogP contribution in [0.4, 0.5) is 4.79 Å². The smallest absolute Gasteiger partial charge is 0.407 e. The number of carbonyl (C=O) groups excluding carboxylic acids is 6. The van der Waals surface area contributed by atoms with Gasteiger partial charge in [-0.2, -0.15) is 0 Å². The minimum atomic E-state index is -1.13. The zero-order chi connectivity index (χ0) is 45.0. The lowest BCUT2D eigenvalue weighted by atomic mass is 9.96. The van der Waals surface area contributed by atoms with E-state index in [4.69, 9.17) is 4.74 Å². The van der Waals surface area contributed by atoms with Crippen LogP contribution in [0.25, 0.3) is 11.1 Å². The molecule has 1 aliphatic rings. The Kier molecular flexibility index (Phi) is 20.9. The number of Topliss-reactive ketones (excluding diaryl/α,β-unsaturated/α-hetero) is 1. The highest BCUT2D eigenvalue weighted by Gasteiger charge is 2.38. The van der Waals surface area contributed by atoms with E-state index in [2.05, 4.69) is 52.5 Å². The van der Waals surface area contributed by atoms with Crippen molar-refractivity contribution in [1.82, 2.24) is 26.2 Å². The molecule has 14 nitrogen and oxygen atoms in total. The van der Waals surface area contributed by atoms with Gasteiger partial charge >= 0.3 is 12.1 Å². The van der Waals surface area contributed by atoms with Crippen LogP contribution < -0.4 is 21.3 Å². The fourth-order valence-electron chi connectivity index (χ4n) is 7.22. The molecule has 3 rings (SSSR count). The Bertz CT molecular complexity index is 1760. The van der Waals surface area contributed by atoms with E-state index < -0.39 is 59.4 Å². The summed E-state index contributed by atoms with van der Waals surface area (Å²) in [6.45, 7) is 11.6. The van der Waals surface area contributed by atoms with Gasteiger partial charge < -0.3 is 36.0 Å². The van der Waals surface area contributed by atoms with Crippen LogP contribution in [0.3, 0.4) is 0 Å². The van der Waals surface area contributed by atoms with Crippen molar-refractivity contribution in [3.05, 3.63) is 59.7 Å². The summed E-state index contributed by atoms with van der Waals surface area (Å²) in [7, 11) is 0. The second-order valence-corrected chi connectivity index (χ2v) is 17.1. The average molecular weight is 848 g/mol. The Hall–Kier alpha value is -5.27. The summed E-state index contributed by atoms with van der Waals surface area (Å²) in [5.41, 5.74) is 3.12. The molecule has 0 bridgehead atoms. The van der Waals surface area contributed by atoms with Crippen molar-refractivity contribution in [2.75, 3.05) is 19.6 Å². The maximum Gasteiger partial charge on any atom is 0.407 e. The molecular formula is C47H69N5O9. The number of carbonyl (C=O) groups is 7. The highest BCUT2D eigenvalue weighted by atomic mass is 16.6. The average Bonchev–Trinajstić information content (AvgIpc) is 3.72. The summed E-state index contributed by atoms with van der Waals surface area (Å²) in [6.07, 6.45) is 7.30. The van der Waals surface area contributed by atoms with Gasteiger partial charge in [0.1, 0.15) is 17.7 Å². The molecule has 1 fully saturated rings. The Balaban J connectivity index is 1.60. The van der Waals surface area contributed by atoms with E-state index in [9.17, 15) is 38.7 Å². The standard InChI is InChI=1S/C47H69N5O9/c1-7-9-11-17-38(45(58)59)51-42(55)32(3)31-40(53)39-18-14-30-52(39)44(57)37(16-12-13-28-49-46(60)61-47(4,5)6)50-41(54)27-29-48-43(56)36-25-23-35(24-26-36)34-21-19-33(20-22-34)15-10-8-2/h19-26,32,37-39H,7-18,27-31H2,1-6H3,(H,48,56)(H,49,60)(H,50,54)(H,51,55)(H,58,59)/t32-,37+,38+,39+/m1/s1. The topological polar surface area (TPSA) is 200 Å². The fourth-order valence-corrected chi connectivity index (χ4v) is 7.22. The van der Waals surface area contributed by atoms with E-state index in [0.717, 1.165) is 43.2 Å². The minimum Gasteiger partial charge on any atom is -0.480 e. The maximum atomic E-state index is 14.1. The van der Waals surface area contributed by atoms with E-state index in [1.165, 1.54) is 10.5 Å². The first kappa shape index (κ1) is 50.1. The quantitative estimate of drug-likeness (QED) is 0.0672. The summed E-state index contributed by atoms with van der Waals surface area (Å²) < 4.78 is 5.29. The Morgan fingerprint density at radius 1 is 0.787 bits per heavy atom. The van der Waals surface area contributed by atoms with Crippen LogP contribution in [0.15, 0.2) is 48.5 Å². The minimum absolute atomic E-state index is 0.0263. The lowest BCUT2D eigenvalue weighted by molar-refractivity contribution is -0.143. The van der Waals surface area contributed by atoms with Crippen molar-refractivity contribution < 1.29 is 43.4 Å². The summed E-state index contributed by atoms with van der Waals surface area (Å²) >= 11 is 0. The zero-order valence-electron chi connectivity index (χ0n) is 37.1. The monoisotopic (exact) mass is 848 g/mol. The lowest BCUT2D eigenvalue weighted by Gasteiger charge is -2.29. The van der Waals surface area contributed by atoms with Gasteiger partial charge in [0.15, 0.2) is 5.78 Å². The molecule has 2 aromatic carbocycles. The van der Waals surface area contributed by atoms with E-state index in [1.54, 1.807) is 39.8 Å². The van der Waals surface area contributed by atoms with Gasteiger partial charge in [0.25, 0.3) is 5.91 Å². The first-order valence-electron chi connectivity index (χ1n) is 22.1. The van der Waals surface area contributed by atoms with Crippen LogP contribution in [-0.4, -0.2) is 94.8 Å². The van der Waals surface area contributed by atoms with Crippen molar-refractivity contribution in [2.45, 2.75) is 155 Å². The van der Waals surface area contributed by atoms with Gasteiger partial charge in [0.05, 0.1) is 6.04 Å². The molecule has 5 amide bonds. The Morgan fingerprint density at radius 3 is 2.03 bits per heavy atom. The second-order valence-electron chi connectivity index (χ2n) is 17.1. The molecule has 0 radical (unpaired) electrons. The van der Waals surface area contributed by atoms with Crippen molar-refractivity contribution in [3.63, 3.8) is 0 Å². The number of likely N-dealkylation sites (tertiary alicyclic amines) is 1. The first-order valence-corrected chi connectivity index (χ1v) is 22.1. The predicted octanol–water partition coefficient (Wildman–Crippen LogP) is 6.73. The number of carboxylic acid groups (broad SMARTS) is 1. The third-order valence-corrected chi connectivity index (χ3v) is 10.7. The summed E-state index contributed by atoms with van der Waals surface area (Å²) in [5, 5.41) is 20.5. The number of amides is 5. The number of alkyl carbamates (subject to hydrolysis) is 1. The number of rotatable bonds is 25. The largest absolute Gasteiger partial charge is 0.480 e. The number of hydrogen-bond donors (Lipinski definition) is 5. The Labute approximate surface area is 361 Å². The van der Waals surface area contributed by atoms with Crippen LogP contribution in [0.1, 0.15) is 141 Å². The molecule has 1 aliphatic heterocycles. The number of ketones is 1. The van der Waals surface area contributed by atoms with Crippen molar-refractivity contribution in [2.24, 2.45) is 5.92 Å². The van der Waals surface area contributed by atoms with Crippen LogP contribution in [0.5, 0.6) is 0 Å². The number of hydrogen-bond acceptors (Lipinski definition) is 8. The van der Waals surface area contributed by atoms with Gasteiger partial charge in [0, 0.05) is 44.0 Å². The van der Waals surface area contributed by atoms with Gasteiger partial charge in [-0.3, -0.25) is 24.0 Å². The van der Waals surface area contributed by atoms with E-state index in [0.29, 0.717) is 50.6 Å². The molecule has 4 atom stereocenters. The first-order chi connectivity index (χ1) is 29.0. The fraction of sp³-hybridized carbons (Fsp3) is 0.596. The molecule has 0 unspecified atom stereocenters. The van der Waals surface area contributed by atoms with E-state index in [1.807, 2.05) is 19.1 Å². The number of nitrogens with one attached hydrogen (secondary N) is 4. The number of carboxylic acids is 1. The molecule has 0 aliphatic carbocycles. The van der Waals surface area contributed by atoms with Crippen LogP contribution >= 0.6 is 0 Å². The van der Waals surface area contributed by atoms with Gasteiger partial charge in [-0.25, -0.2) is 9.59 Å². The number of ether oxygens (including phenoxy) is 1. The number of nitrogens with zero attached hydrogens (tertiary/aromatic N) is 1. The van der Waals surface area contributed by atoms with Gasteiger partial charge in [0.2, 0.25) is 17.7 Å². The number of aryl methyl sites for hydroxylation is 1. The molecule has 5 N–H and O–H groups in total. The van der Waals surface area contributed by atoms with Crippen molar-refractivity contribution >= 4 is 41.5 Å². The van der Waals surface area contributed by atoms with Crippen LogP contribution in [0.2, 0.25) is 0 Å². The number of unbranched alkanes of at least 4 members (excludes halogenated alkanes) is 4. The normalized spacial score (nSPS) is 15.2. The molecule has 2 aromatic rings. The summed E-state index contributed by atoms with van der Waals surface area (Å²) in [5.74, 6) is -4.01. The van der Waals surface area contributed by atoms with E-state index in [-0.39, 0.29) is 44.0 Å². The van der Waals surface area contributed by atoms with Gasteiger partial charge in [-0.1, -0.05) is 82.9 Å². The molecule has 336 valence electrons. The predicted molar refractivity (Wildman–Crippen MR) is 235 cm³/mol. The highest BCUT2D eigenvalue weighted by molar-refractivity contribution is 5.96. The number of aliphatic carboxylic acids is 1. The third-order valence-electron chi connectivity index (χ3n) is 10.7. The molecule has 1 saturated heterocycles. The number of benzene rings is 2. The molecule has 61 heavy (non-hydrogen) atoms. The van der Waals surface area contributed by atoms with Gasteiger partial charge in [-0.05, 0) is 101 Å². The molecule has 1 heterocycles.